The number of ether oxygens (including phenoxy) is 2. The highest BCUT2D eigenvalue weighted by molar-refractivity contribution is 7.14. The monoisotopic (exact) mass is 517 g/mol. The zero-order valence-corrected chi connectivity index (χ0v) is 22.7. The quantitative estimate of drug-likeness (QED) is 0.422. The molecule has 0 amide bonds. The Morgan fingerprint density at radius 2 is 2.16 bits per heavy atom. The van der Waals surface area contributed by atoms with Gasteiger partial charge in [0.05, 0.1) is 17.7 Å². The fourth-order valence-electron chi connectivity index (χ4n) is 6.05. The topological polar surface area (TPSA) is 63.7 Å². The van der Waals surface area contributed by atoms with E-state index in [9.17, 15) is 4.79 Å². The Labute approximate surface area is 223 Å². The van der Waals surface area contributed by atoms with Crippen LogP contribution in [0.4, 0.5) is 5.13 Å². The number of fused-ring (bicyclic) bond motifs is 2. The number of hydrogen-bond acceptors (Lipinski definition) is 7. The molecule has 7 heteroatoms. The number of nitrogens with zero attached hydrogens (tertiary/aromatic N) is 2. The van der Waals surface area contributed by atoms with Gasteiger partial charge in [-0.1, -0.05) is 23.8 Å². The van der Waals surface area contributed by atoms with Crippen LogP contribution in [0.3, 0.4) is 0 Å². The average Bonchev–Trinajstić information content (AvgIpc) is 3.45. The predicted molar refractivity (Wildman–Crippen MR) is 147 cm³/mol. The van der Waals surface area contributed by atoms with Crippen molar-refractivity contribution in [3.63, 3.8) is 0 Å². The summed E-state index contributed by atoms with van der Waals surface area (Å²) in [5, 5.41) is 6.62. The third kappa shape index (κ3) is 4.64. The molecule has 2 aliphatic heterocycles. The third-order valence-electron chi connectivity index (χ3n) is 8.25. The summed E-state index contributed by atoms with van der Waals surface area (Å²) < 4.78 is 11.8. The molecular formula is C30H35N3O3S. The second kappa shape index (κ2) is 9.76. The van der Waals surface area contributed by atoms with Crippen LogP contribution in [0, 0.1) is 25.2 Å². The van der Waals surface area contributed by atoms with E-state index < -0.39 is 0 Å². The molecule has 2 aromatic carbocycles. The van der Waals surface area contributed by atoms with E-state index in [-0.39, 0.29) is 11.4 Å². The first-order valence-corrected chi connectivity index (χ1v) is 14.3. The lowest BCUT2D eigenvalue weighted by molar-refractivity contribution is -0.150. The average molecular weight is 518 g/mol. The first-order valence-electron chi connectivity index (χ1n) is 13.4. The molecule has 37 heavy (non-hydrogen) atoms. The highest BCUT2D eigenvalue weighted by Gasteiger charge is 2.63. The molecule has 2 fully saturated rings. The van der Waals surface area contributed by atoms with Crippen LogP contribution in [-0.2, 0) is 29.1 Å². The molecule has 6 rings (SSSR count). The van der Waals surface area contributed by atoms with Gasteiger partial charge in [0.1, 0.15) is 12.4 Å². The largest absolute Gasteiger partial charge is 0.488 e. The zero-order chi connectivity index (χ0) is 25.6. The Hall–Kier alpha value is -2.90. The lowest BCUT2D eigenvalue weighted by Crippen LogP contribution is -2.38. The molecule has 1 saturated heterocycles. The van der Waals surface area contributed by atoms with E-state index in [0.29, 0.717) is 19.1 Å². The Bertz CT molecular complexity index is 1340. The summed E-state index contributed by atoms with van der Waals surface area (Å²) in [5.41, 5.74) is 8.35. The second-order valence-electron chi connectivity index (χ2n) is 10.8. The number of aryl methyl sites for hydroxylation is 2. The maximum atomic E-state index is 12.4. The maximum Gasteiger partial charge on any atom is 0.312 e. The molecule has 0 spiro atoms. The number of esters is 1. The maximum absolute atomic E-state index is 12.4. The number of piperidine rings is 1. The number of anilines is 1. The molecule has 3 heterocycles. The first kappa shape index (κ1) is 24.4. The number of benzene rings is 2. The van der Waals surface area contributed by atoms with E-state index in [4.69, 9.17) is 14.5 Å². The van der Waals surface area contributed by atoms with Gasteiger partial charge in [0.15, 0.2) is 5.13 Å². The molecule has 3 aliphatic rings. The Kier molecular flexibility index (Phi) is 6.45. The van der Waals surface area contributed by atoms with Gasteiger partial charge in [-0.3, -0.25) is 4.79 Å². The van der Waals surface area contributed by atoms with Gasteiger partial charge in [0.2, 0.25) is 0 Å². The fourth-order valence-corrected chi connectivity index (χ4v) is 6.91. The smallest absolute Gasteiger partial charge is 0.312 e. The van der Waals surface area contributed by atoms with Crippen LogP contribution in [0.25, 0.3) is 11.3 Å². The van der Waals surface area contributed by atoms with Gasteiger partial charge in [-0.15, -0.1) is 11.3 Å². The van der Waals surface area contributed by atoms with Crippen molar-refractivity contribution in [3.8, 4) is 17.0 Å². The minimum Gasteiger partial charge on any atom is -0.488 e. The molecule has 1 aromatic heterocycles. The van der Waals surface area contributed by atoms with Crippen molar-refractivity contribution in [1.29, 1.82) is 0 Å². The van der Waals surface area contributed by atoms with Gasteiger partial charge in [0, 0.05) is 30.6 Å². The summed E-state index contributed by atoms with van der Waals surface area (Å²) in [7, 11) is 0. The fraction of sp³-hybridized carbons (Fsp3) is 0.467. The van der Waals surface area contributed by atoms with Gasteiger partial charge in [0.25, 0.3) is 0 Å². The van der Waals surface area contributed by atoms with Crippen molar-refractivity contribution in [3.05, 3.63) is 63.5 Å². The number of rotatable bonds is 7. The molecule has 0 radical (unpaired) electrons. The summed E-state index contributed by atoms with van der Waals surface area (Å²) in [6, 6.07) is 10.9. The van der Waals surface area contributed by atoms with Crippen LogP contribution in [0.5, 0.6) is 5.75 Å². The van der Waals surface area contributed by atoms with Crippen LogP contribution in [0.1, 0.15) is 47.6 Å². The van der Waals surface area contributed by atoms with Crippen LogP contribution in [0.2, 0.25) is 0 Å². The van der Waals surface area contributed by atoms with E-state index in [1.54, 1.807) is 11.3 Å². The predicted octanol–water partition coefficient (Wildman–Crippen LogP) is 5.43. The van der Waals surface area contributed by atoms with Crippen molar-refractivity contribution in [2.24, 2.45) is 11.3 Å². The molecule has 6 nitrogen and oxygen atoms in total. The van der Waals surface area contributed by atoms with Gasteiger partial charge in [-0.25, -0.2) is 4.98 Å². The lowest BCUT2D eigenvalue weighted by Gasteiger charge is -2.30. The Morgan fingerprint density at radius 3 is 3.00 bits per heavy atom. The molecular weight excluding hydrogens is 482 g/mol. The van der Waals surface area contributed by atoms with Gasteiger partial charge < -0.3 is 19.7 Å². The summed E-state index contributed by atoms with van der Waals surface area (Å²) in [5.74, 6) is 1.23. The SMILES string of the molecule is CCOC(=O)[C@@]12CCN(c3nc(-c4cc(C)ccc4OCc4cc(C)c5c(c4)CCNC5)cs3)CC1C2. The first-order chi connectivity index (χ1) is 18.0. The summed E-state index contributed by atoms with van der Waals surface area (Å²) in [6.07, 6.45) is 2.86. The second-order valence-corrected chi connectivity index (χ2v) is 11.6. The van der Waals surface area contributed by atoms with E-state index in [1.165, 1.54) is 27.8 Å². The van der Waals surface area contributed by atoms with Gasteiger partial charge in [-0.2, -0.15) is 0 Å². The third-order valence-corrected chi connectivity index (χ3v) is 9.15. The molecule has 1 N–H and O–H groups in total. The number of hydrogen-bond donors (Lipinski definition) is 1. The van der Waals surface area contributed by atoms with E-state index in [2.05, 4.69) is 59.8 Å². The minimum absolute atomic E-state index is 0.00758. The summed E-state index contributed by atoms with van der Waals surface area (Å²) in [6.45, 7) is 10.9. The molecule has 1 unspecified atom stereocenters. The Balaban J connectivity index is 1.18. The van der Waals surface area contributed by atoms with Crippen LogP contribution in [-0.4, -0.2) is 37.2 Å². The Morgan fingerprint density at radius 1 is 1.27 bits per heavy atom. The van der Waals surface area contributed by atoms with Crippen LogP contribution in [0.15, 0.2) is 35.7 Å². The lowest BCUT2D eigenvalue weighted by atomic mass is 9.94. The van der Waals surface area contributed by atoms with Crippen LogP contribution >= 0.6 is 11.3 Å². The number of thiazole rings is 1. The summed E-state index contributed by atoms with van der Waals surface area (Å²) >= 11 is 1.67. The van der Waals surface area contributed by atoms with Gasteiger partial charge >= 0.3 is 5.97 Å². The van der Waals surface area contributed by atoms with Crippen molar-refractivity contribution < 1.29 is 14.3 Å². The molecule has 1 saturated carbocycles. The molecule has 3 aromatic rings. The number of carbonyl (C=O) groups is 1. The molecule has 1 aliphatic carbocycles. The highest BCUT2D eigenvalue weighted by atomic mass is 32.1. The van der Waals surface area contributed by atoms with Crippen molar-refractivity contribution in [2.75, 3.05) is 31.1 Å². The summed E-state index contributed by atoms with van der Waals surface area (Å²) in [4.78, 5) is 19.8. The number of aromatic nitrogens is 1. The van der Waals surface area contributed by atoms with Crippen molar-refractivity contribution in [2.45, 2.75) is 53.2 Å². The number of carbonyl (C=O) groups excluding carboxylic acids is 1. The standard InChI is InChI=1S/C30H35N3O3S/c1-4-35-28(34)30-8-10-33(16-23(30)14-30)29-32-26(18-37-29)24-11-19(2)5-6-27(24)36-17-21-12-20(3)25-15-31-9-7-22(25)13-21/h5-6,11-13,18,23,31H,4,7-10,14-17H2,1-3H3/t23?,30-/m1/s1. The van der Waals surface area contributed by atoms with E-state index in [0.717, 1.165) is 67.6 Å². The van der Waals surface area contributed by atoms with Gasteiger partial charge in [-0.05, 0) is 86.9 Å². The highest BCUT2D eigenvalue weighted by Crippen LogP contribution is 2.59. The van der Waals surface area contributed by atoms with Crippen LogP contribution < -0.4 is 15.0 Å². The molecule has 0 bridgehead atoms. The normalized spacial score (nSPS) is 22.2. The van der Waals surface area contributed by atoms with Crippen molar-refractivity contribution >= 4 is 22.4 Å². The van der Waals surface area contributed by atoms with E-state index in [1.807, 2.05) is 6.92 Å². The minimum atomic E-state index is -0.240. The number of nitrogens with one attached hydrogen (secondary N) is 1. The van der Waals surface area contributed by atoms with E-state index >= 15 is 0 Å². The molecule has 2 atom stereocenters. The zero-order valence-electron chi connectivity index (χ0n) is 21.9. The molecule has 194 valence electrons. The van der Waals surface area contributed by atoms with Crippen molar-refractivity contribution in [1.82, 2.24) is 10.3 Å².